The molecule has 82 valence electrons. The summed E-state index contributed by atoms with van der Waals surface area (Å²) < 4.78 is 5.25. The van der Waals surface area contributed by atoms with Crippen molar-refractivity contribution in [3.63, 3.8) is 0 Å². The molecule has 1 unspecified atom stereocenters. The van der Waals surface area contributed by atoms with Gasteiger partial charge >= 0.3 is 0 Å². The minimum Gasteiger partial charge on any atom is -0.495 e. The predicted octanol–water partition coefficient (Wildman–Crippen LogP) is 2.73. The van der Waals surface area contributed by atoms with Crippen LogP contribution >= 0.6 is 11.6 Å². The summed E-state index contributed by atoms with van der Waals surface area (Å²) in [7, 11) is 1.66. The summed E-state index contributed by atoms with van der Waals surface area (Å²) >= 11 is 6.17. The highest BCUT2D eigenvalue weighted by molar-refractivity contribution is 6.32. The first kappa shape index (κ1) is 10.8. The van der Waals surface area contributed by atoms with Crippen molar-refractivity contribution in [2.75, 3.05) is 20.2 Å². The molecule has 1 aliphatic heterocycles. The summed E-state index contributed by atoms with van der Waals surface area (Å²) in [5.41, 5.74) is 2.44. The van der Waals surface area contributed by atoms with Gasteiger partial charge in [0, 0.05) is 6.54 Å². The average Bonchev–Trinajstić information content (AvgIpc) is 2.69. The van der Waals surface area contributed by atoms with Gasteiger partial charge in [0.15, 0.2) is 0 Å². The molecule has 0 saturated carbocycles. The van der Waals surface area contributed by atoms with E-state index in [-0.39, 0.29) is 0 Å². The zero-order valence-electron chi connectivity index (χ0n) is 9.14. The Morgan fingerprint density at radius 1 is 1.47 bits per heavy atom. The van der Waals surface area contributed by atoms with E-state index in [1.54, 1.807) is 7.11 Å². The van der Waals surface area contributed by atoms with E-state index >= 15 is 0 Å². The van der Waals surface area contributed by atoms with Crippen LogP contribution in [0, 0.1) is 6.92 Å². The van der Waals surface area contributed by atoms with Crippen LogP contribution in [0.5, 0.6) is 5.75 Å². The number of hydrogen-bond donors (Lipinski definition) is 1. The number of halogens is 1. The molecule has 2 rings (SSSR count). The van der Waals surface area contributed by atoms with Gasteiger partial charge in [-0.3, -0.25) is 0 Å². The monoisotopic (exact) mass is 225 g/mol. The molecule has 0 bridgehead atoms. The fraction of sp³-hybridized carbons (Fsp3) is 0.500. The number of rotatable bonds is 2. The Kier molecular flexibility index (Phi) is 3.17. The molecule has 1 atom stereocenters. The maximum Gasteiger partial charge on any atom is 0.140 e. The summed E-state index contributed by atoms with van der Waals surface area (Å²) in [4.78, 5) is 0. The number of aryl methyl sites for hydroxylation is 1. The molecular formula is C12H16ClNO. The maximum absolute atomic E-state index is 6.17. The third-order valence-electron chi connectivity index (χ3n) is 2.99. The third-order valence-corrected chi connectivity index (χ3v) is 3.27. The fourth-order valence-corrected chi connectivity index (χ4v) is 2.54. The van der Waals surface area contributed by atoms with E-state index in [9.17, 15) is 0 Å². The fourth-order valence-electron chi connectivity index (χ4n) is 2.19. The molecule has 1 N–H and O–H groups in total. The molecule has 1 aromatic carbocycles. The second kappa shape index (κ2) is 4.42. The van der Waals surface area contributed by atoms with Crippen LogP contribution in [-0.4, -0.2) is 20.2 Å². The number of ether oxygens (including phenoxy) is 1. The van der Waals surface area contributed by atoms with Crippen molar-refractivity contribution in [3.05, 3.63) is 28.3 Å². The van der Waals surface area contributed by atoms with Crippen molar-refractivity contribution in [2.24, 2.45) is 0 Å². The van der Waals surface area contributed by atoms with Gasteiger partial charge in [-0.25, -0.2) is 0 Å². The minimum absolute atomic E-state index is 0.604. The molecule has 1 fully saturated rings. The van der Waals surface area contributed by atoms with E-state index in [1.807, 2.05) is 13.0 Å². The third kappa shape index (κ3) is 2.11. The smallest absolute Gasteiger partial charge is 0.140 e. The van der Waals surface area contributed by atoms with Gasteiger partial charge in [-0.1, -0.05) is 17.7 Å². The molecular weight excluding hydrogens is 210 g/mol. The van der Waals surface area contributed by atoms with E-state index < -0.39 is 0 Å². The molecule has 15 heavy (non-hydrogen) atoms. The lowest BCUT2D eigenvalue weighted by atomic mass is 9.96. The molecule has 0 radical (unpaired) electrons. The normalized spacial score (nSPS) is 20.6. The summed E-state index contributed by atoms with van der Waals surface area (Å²) in [6.45, 7) is 4.20. The number of methoxy groups -OCH3 is 1. The SMILES string of the molecule is COc1c(C)cc(C2CCNC2)cc1Cl. The van der Waals surface area contributed by atoms with Crippen LogP contribution in [0.15, 0.2) is 12.1 Å². The van der Waals surface area contributed by atoms with Gasteiger partial charge in [0.2, 0.25) is 0 Å². The van der Waals surface area contributed by atoms with Crippen LogP contribution < -0.4 is 10.1 Å². The first-order chi connectivity index (χ1) is 7.22. The molecule has 0 aliphatic carbocycles. The Hall–Kier alpha value is -0.730. The number of hydrogen-bond acceptors (Lipinski definition) is 2. The minimum atomic E-state index is 0.604. The highest BCUT2D eigenvalue weighted by Crippen LogP contribution is 2.33. The molecule has 0 amide bonds. The van der Waals surface area contributed by atoms with Crippen molar-refractivity contribution in [1.29, 1.82) is 0 Å². The molecule has 1 saturated heterocycles. The van der Waals surface area contributed by atoms with Crippen LogP contribution in [0.1, 0.15) is 23.5 Å². The second-order valence-electron chi connectivity index (χ2n) is 4.04. The molecule has 3 heteroatoms. The van der Waals surface area contributed by atoms with Crippen LogP contribution in [0.25, 0.3) is 0 Å². The van der Waals surface area contributed by atoms with E-state index in [2.05, 4.69) is 11.4 Å². The molecule has 1 heterocycles. The van der Waals surface area contributed by atoms with E-state index in [4.69, 9.17) is 16.3 Å². The van der Waals surface area contributed by atoms with Gasteiger partial charge in [-0.15, -0.1) is 0 Å². The molecule has 0 spiro atoms. The Labute approximate surface area is 95.6 Å². The van der Waals surface area contributed by atoms with Gasteiger partial charge < -0.3 is 10.1 Å². The van der Waals surface area contributed by atoms with E-state index in [1.165, 1.54) is 12.0 Å². The first-order valence-electron chi connectivity index (χ1n) is 5.27. The molecule has 0 aromatic heterocycles. The van der Waals surface area contributed by atoms with Gasteiger partial charge in [-0.05, 0) is 43.0 Å². The second-order valence-corrected chi connectivity index (χ2v) is 4.45. The summed E-state index contributed by atoms with van der Waals surface area (Å²) in [6.07, 6.45) is 1.20. The maximum atomic E-state index is 6.17. The highest BCUT2D eigenvalue weighted by atomic mass is 35.5. The van der Waals surface area contributed by atoms with Crippen LogP contribution in [0.2, 0.25) is 5.02 Å². The van der Waals surface area contributed by atoms with Crippen molar-refractivity contribution < 1.29 is 4.74 Å². The predicted molar refractivity (Wildman–Crippen MR) is 63.0 cm³/mol. The largest absolute Gasteiger partial charge is 0.495 e. The van der Waals surface area contributed by atoms with Crippen molar-refractivity contribution in [2.45, 2.75) is 19.3 Å². The van der Waals surface area contributed by atoms with Crippen LogP contribution in [0.3, 0.4) is 0 Å². The molecule has 2 nitrogen and oxygen atoms in total. The number of nitrogens with one attached hydrogen (secondary N) is 1. The van der Waals surface area contributed by atoms with Gasteiger partial charge in [0.05, 0.1) is 12.1 Å². The lowest BCUT2D eigenvalue weighted by Crippen LogP contribution is -2.08. The Bertz CT molecular complexity index is 336. The first-order valence-corrected chi connectivity index (χ1v) is 5.65. The molecule has 1 aromatic rings. The van der Waals surface area contributed by atoms with Gasteiger partial charge in [0.1, 0.15) is 5.75 Å². The van der Waals surface area contributed by atoms with Crippen LogP contribution in [0.4, 0.5) is 0 Å². The Morgan fingerprint density at radius 3 is 2.80 bits per heavy atom. The summed E-state index contributed by atoms with van der Waals surface area (Å²) in [5, 5.41) is 4.09. The quantitative estimate of drug-likeness (QED) is 0.836. The van der Waals surface area contributed by atoms with Crippen molar-refractivity contribution >= 4 is 11.6 Å². The zero-order valence-corrected chi connectivity index (χ0v) is 9.90. The summed E-state index contributed by atoms with van der Waals surface area (Å²) in [6, 6.07) is 4.22. The lowest BCUT2D eigenvalue weighted by Gasteiger charge is -2.13. The Morgan fingerprint density at radius 2 is 2.27 bits per heavy atom. The van der Waals surface area contributed by atoms with Gasteiger partial charge in [0.25, 0.3) is 0 Å². The topological polar surface area (TPSA) is 21.3 Å². The standard InChI is InChI=1S/C12H16ClNO/c1-8-5-10(9-3-4-14-7-9)6-11(13)12(8)15-2/h5-6,9,14H,3-4,7H2,1-2H3. The van der Waals surface area contributed by atoms with E-state index in [0.717, 1.165) is 29.4 Å². The Balaban J connectivity index is 2.33. The van der Waals surface area contributed by atoms with Crippen molar-refractivity contribution in [3.8, 4) is 5.75 Å². The van der Waals surface area contributed by atoms with E-state index in [0.29, 0.717) is 5.92 Å². The van der Waals surface area contributed by atoms with Crippen molar-refractivity contribution in [1.82, 2.24) is 5.32 Å². The average molecular weight is 226 g/mol. The van der Waals surface area contributed by atoms with Gasteiger partial charge in [-0.2, -0.15) is 0 Å². The van der Waals surface area contributed by atoms with Crippen LogP contribution in [-0.2, 0) is 0 Å². The summed E-state index contributed by atoms with van der Waals surface area (Å²) in [5.74, 6) is 1.40. The molecule has 1 aliphatic rings. The number of benzene rings is 1. The zero-order chi connectivity index (χ0) is 10.8. The highest BCUT2D eigenvalue weighted by Gasteiger charge is 2.18. The lowest BCUT2D eigenvalue weighted by molar-refractivity contribution is 0.411.